The van der Waals surface area contributed by atoms with Crippen molar-refractivity contribution < 1.29 is 8.42 Å². The molecule has 0 aliphatic rings. The Hall–Kier alpha value is -0.920. The quantitative estimate of drug-likeness (QED) is 0.850. The van der Waals surface area contributed by atoms with Crippen LogP contribution in [0.15, 0.2) is 11.1 Å². The van der Waals surface area contributed by atoms with Crippen molar-refractivity contribution in [3.63, 3.8) is 0 Å². The van der Waals surface area contributed by atoms with Gasteiger partial charge in [-0.15, -0.1) is 0 Å². The van der Waals surface area contributed by atoms with Gasteiger partial charge in [0.2, 0.25) is 0 Å². The number of rotatable bonds is 3. The fourth-order valence-electron chi connectivity index (χ4n) is 1.55. The van der Waals surface area contributed by atoms with Gasteiger partial charge < -0.3 is 4.90 Å². The molecule has 0 bridgehead atoms. The van der Waals surface area contributed by atoms with Crippen LogP contribution in [-0.2, 0) is 22.1 Å². The molecule has 0 aromatic carbocycles. The Labute approximate surface area is 102 Å². The molecular formula is C10H20N4O2S. The largest absolute Gasteiger partial charge is 0.304 e. The fraction of sp³-hybridized carbons (Fsp3) is 0.700. The number of aromatic nitrogens is 2. The van der Waals surface area contributed by atoms with Gasteiger partial charge in [0.15, 0.2) is 5.03 Å². The van der Waals surface area contributed by atoms with Crippen LogP contribution in [0.25, 0.3) is 0 Å². The van der Waals surface area contributed by atoms with Crippen molar-refractivity contribution in [2.24, 2.45) is 5.14 Å². The molecule has 1 rings (SSSR count). The van der Waals surface area contributed by atoms with Crippen LogP contribution in [0.1, 0.15) is 26.5 Å². The van der Waals surface area contributed by atoms with Gasteiger partial charge in [-0.3, -0.25) is 4.68 Å². The highest BCUT2D eigenvalue weighted by atomic mass is 32.2. The van der Waals surface area contributed by atoms with Crippen LogP contribution in [0.4, 0.5) is 0 Å². The van der Waals surface area contributed by atoms with Gasteiger partial charge in [-0.25, -0.2) is 13.6 Å². The molecule has 1 aromatic rings. The van der Waals surface area contributed by atoms with Crippen LogP contribution in [0.3, 0.4) is 0 Å². The SMILES string of the molecule is CN(C)Cc1cc(S(N)(=O)=O)nn1C(C)(C)C. The maximum Gasteiger partial charge on any atom is 0.257 e. The number of nitrogens with zero attached hydrogens (tertiary/aromatic N) is 3. The first-order chi connectivity index (χ1) is 7.51. The molecule has 0 saturated heterocycles. The van der Waals surface area contributed by atoms with E-state index in [2.05, 4.69) is 5.10 Å². The Morgan fingerprint density at radius 2 is 1.94 bits per heavy atom. The topological polar surface area (TPSA) is 81.2 Å². The van der Waals surface area contributed by atoms with Crippen LogP contribution in [0, 0.1) is 0 Å². The summed E-state index contributed by atoms with van der Waals surface area (Å²) in [6, 6.07) is 1.53. The summed E-state index contributed by atoms with van der Waals surface area (Å²) in [5.74, 6) is 0. The molecule has 0 aliphatic heterocycles. The second kappa shape index (κ2) is 4.40. The number of sulfonamides is 1. The zero-order chi connectivity index (χ0) is 13.4. The minimum Gasteiger partial charge on any atom is -0.304 e. The van der Waals surface area contributed by atoms with E-state index in [0.29, 0.717) is 6.54 Å². The summed E-state index contributed by atoms with van der Waals surface area (Å²) in [6.45, 7) is 6.50. The molecule has 17 heavy (non-hydrogen) atoms. The number of nitrogens with two attached hydrogens (primary N) is 1. The fourth-order valence-corrected chi connectivity index (χ4v) is 2.05. The van der Waals surface area contributed by atoms with Gasteiger partial charge in [-0.05, 0) is 34.9 Å². The molecule has 1 aromatic heterocycles. The van der Waals surface area contributed by atoms with Crippen molar-refractivity contribution in [2.45, 2.75) is 37.9 Å². The van der Waals surface area contributed by atoms with Gasteiger partial charge in [-0.1, -0.05) is 0 Å². The van der Waals surface area contributed by atoms with Crippen LogP contribution in [0.2, 0.25) is 0 Å². The van der Waals surface area contributed by atoms with E-state index in [0.717, 1.165) is 5.69 Å². The summed E-state index contributed by atoms with van der Waals surface area (Å²) in [5, 5.41) is 9.10. The monoisotopic (exact) mass is 260 g/mol. The maximum absolute atomic E-state index is 11.3. The van der Waals surface area contributed by atoms with Crippen molar-refractivity contribution in [3.8, 4) is 0 Å². The lowest BCUT2D eigenvalue weighted by Crippen LogP contribution is -2.27. The highest BCUT2D eigenvalue weighted by Crippen LogP contribution is 2.19. The Bertz CT molecular complexity index is 497. The van der Waals surface area contributed by atoms with Gasteiger partial charge >= 0.3 is 0 Å². The predicted octanol–water partition coefficient (Wildman–Crippen LogP) is 0.347. The molecule has 6 nitrogen and oxygen atoms in total. The summed E-state index contributed by atoms with van der Waals surface area (Å²) in [6.07, 6.45) is 0. The second-order valence-electron chi connectivity index (χ2n) is 5.34. The number of hydrogen-bond acceptors (Lipinski definition) is 4. The summed E-state index contributed by atoms with van der Waals surface area (Å²) in [7, 11) is 0.0756. The third kappa shape index (κ3) is 3.52. The van der Waals surface area contributed by atoms with E-state index < -0.39 is 10.0 Å². The molecule has 2 N–H and O–H groups in total. The minimum absolute atomic E-state index is 0.0794. The summed E-state index contributed by atoms with van der Waals surface area (Å²) >= 11 is 0. The van der Waals surface area contributed by atoms with E-state index in [4.69, 9.17) is 5.14 Å². The summed E-state index contributed by atoms with van der Waals surface area (Å²) < 4.78 is 24.3. The number of primary sulfonamides is 1. The van der Waals surface area contributed by atoms with E-state index in [1.165, 1.54) is 6.07 Å². The molecule has 1 heterocycles. The molecule has 0 amide bonds. The van der Waals surface area contributed by atoms with Gasteiger partial charge in [0.25, 0.3) is 10.0 Å². The zero-order valence-corrected chi connectivity index (χ0v) is 11.7. The van der Waals surface area contributed by atoms with E-state index in [1.54, 1.807) is 4.68 Å². The Morgan fingerprint density at radius 1 is 1.41 bits per heavy atom. The lowest BCUT2D eigenvalue weighted by molar-refractivity contribution is 0.309. The van der Waals surface area contributed by atoms with Gasteiger partial charge in [0.1, 0.15) is 0 Å². The number of hydrogen-bond donors (Lipinski definition) is 1. The summed E-state index contributed by atoms with van der Waals surface area (Å²) in [5.41, 5.74) is 0.542. The lowest BCUT2D eigenvalue weighted by atomic mass is 10.1. The molecule has 0 atom stereocenters. The molecule has 0 fully saturated rings. The Balaban J connectivity index is 3.32. The predicted molar refractivity (Wildman–Crippen MR) is 66.0 cm³/mol. The van der Waals surface area contributed by atoms with Crippen LogP contribution < -0.4 is 5.14 Å². The van der Waals surface area contributed by atoms with Gasteiger partial charge in [0, 0.05) is 12.6 Å². The first kappa shape index (κ1) is 14.1. The molecule has 0 radical (unpaired) electrons. The van der Waals surface area contributed by atoms with Crippen LogP contribution in [0.5, 0.6) is 0 Å². The molecule has 0 spiro atoms. The van der Waals surface area contributed by atoms with Crippen molar-refractivity contribution >= 4 is 10.0 Å². The molecule has 7 heteroatoms. The average molecular weight is 260 g/mol. The van der Waals surface area contributed by atoms with E-state index >= 15 is 0 Å². The molecule has 0 unspecified atom stereocenters. The molecule has 98 valence electrons. The van der Waals surface area contributed by atoms with E-state index in [-0.39, 0.29) is 10.6 Å². The minimum atomic E-state index is -3.75. The van der Waals surface area contributed by atoms with E-state index in [9.17, 15) is 8.42 Å². The van der Waals surface area contributed by atoms with Gasteiger partial charge in [-0.2, -0.15) is 5.10 Å². The Kier molecular flexibility index (Phi) is 3.66. The highest BCUT2D eigenvalue weighted by molar-refractivity contribution is 7.89. The van der Waals surface area contributed by atoms with Crippen LogP contribution >= 0.6 is 0 Å². The highest BCUT2D eigenvalue weighted by Gasteiger charge is 2.23. The van der Waals surface area contributed by atoms with Crippen molar-refractivity contribution in [1.82, 2.24) is 14.7 Å². The maximum atomic E-state index is 11.3. The zero-order valence-electron chi connectivity index (χ0n) is 10.9. The summed E-state index contributed by atoms with van der Waals surface area (Å²) in [4.78, 5) is 1.95. The first-order valence-corrected chi connectivity index (χ1v) is 6.83. The lowest BCUT2D eigenvalue weighted by Gasteiger charge is -2.23. The smallest absolute Gasteiger partial charge is 0.257 e. The normalized spacial score (nSPS) is 13.4. The standard InChI is InChI=1S/C10H20N4O2S/c1-10(2,3)14-8(7-13(4)5)6-9(12-14)17(11,15)16/h6H,7H2,1-5H3,(H2,11,15,16). The second-order valence-corrected chi connectivity index (χ2v) is 6.85. The van der Waals surface area contributed by atoms with Crippen molar-refractivity contribution in [2.75, 3.05) is 14.1 Å². The van der Waals surface area contributed by atoms with Crippen molar-refractivity contribution in [1.29, 1.82) is 0 Å². The van der Waals surface area contributed by atoms with E-state index in [1.807, 2.05) is 39.8 Å². The molecule has 0 saturated carbocycles. The third-order valence-corrected chi connectivity index (χ3v) is 2.95. The molecular weight excluding hydrogens is 240 g/mol. The third-order valence-electron chi connectivity index (χ3n) is 2.17. The van der Waals surface area contributed by atoms with Gasteiger partial charge in [0.05, 0.1) is 11.2 Å². The van der Waals surface area contributed by atoms with Crippen molar-refractivity contribution in [3.05, 3.63) is 11.8 Å². The average Bonchev–Trinajstić information content (AvgIpc) is 2.44. The van der Waals surface area contributed by atoms with Crippen LogP contribution in [-0.4, -0.2) is 37.2 Å². The first-order valence-electron chi connectivity index (χ1n) is 5.29. The Morgan fingerprint density at radius 3 is 2.29 bits per heavy atom. The molecule has 0 aliphatic carbocycles.